The average molecular weight is 292 g/mol. The zero-order valence-corrected chi connectivity index (χ0v) is 13.6. The molecule has 0 aliphatic carbocycles. The fourth-order valence-electron chi connectivity index (χ4n) is 2.57. The van der Waals surface area contributed by atoms with Crippen molar-refractivity contribution in [3.8, 4) is 5.75 Å². The van der Waals surface area contributed by atoms with E-state index in [1.165, 1.54) is 0 Å². The van der Waals surface area contributed by atoms with E-state index >= 15 is 0 Å². The van der Waals surface area contributed by atoms with E-state index in [9.17, 15) is 4.79 Å². The number of amides is 1. The first-order valence-electron chi connectivity index (χ1n) is 7.65. The molecule has 118 valence electrons. The summed E-state index contributed by atoms with van der Waals surface area (Å²) in [5, 5.41) is 3.11. The lowest BCUT2D eigenvalue weighted by atomic mass is 9.91. The summed E-state index contributed by atoms with van der Waals surface area (Å²) in [5.74, 6) is 0.974. The van der Waals surface area contributed by atoms with Crippen molar-refractivity contribution in [2.75, 3.05) is 13.7 Å². The predicted molar refractivity (Wildman–Crippen MR) is 86.5 cm³/mol. The van der Waals surface area contributed by atoms with Crippen molar-refractivity contribution in [2.45, 2.75) is 51.5 Å². The van der Waals surface area contributed by atoms with Gasteiger partial charge in [0.15, 0.2) is 0 Å². The molecule has 3 N–H and O–H groups in total. The van der Waals surface area contributed by atoms with Gasteiger partial charge in [0.25, 0.3) is 0 Å². The number of benzene rings is 1. The minimum atomic E-state index is -0.280. The fourth-order valence-corrected chi connectivity index (χ4v) is 2.57. The molecule has 0 saturated carbocycles. The number of para-hydroxylation sites is 1. The number of rotatable bonds is 8. The molecule has 4 nitrogen and oxygen atoms in total. The smallest absolute Gasteiger partial charge is 0.221 e. The highest BCUT2D eigenvalue weighted by Crippen LogP contribution is 2.28. The molecule has 0 aliphatic rings. The first-order valence-corrected chi connectivity index (χ1v) is 7.65. The fraction of sp³-hybridized carbons (Fsp3) is 0.588. The highest BCUT2D eigenvalue weighted by atomic mass is 16.5. The maximum absolute atomic E-state index is 12.3. The number of nitrogens with two attached hydrogens (primary N) is 1. The largest absolute Gasteiger partial charge is 0.496 e. The van der Waals surface area contributed by atoms with Crippen molar-refractivity contribution >= 4 is 5.91 Å². The molecule has 0 radical (unpaired) electrons. The Morgan fingerprint density at radius 2 is 1.95 bits per heavy atom. The molecule has 1 amide bonds. The molecule has 1 rings (SSSR count). The van der Waals surface area contributed by atoms with Gasteiger partial charge in [-0.25, -0.2) is 0 Å². The second kappa shape index (κ2) is 8.03. The van der Waals surface area contributed by atoms with E-state index in [0.29, 0.717) is 13.0 Å². The molecule has 4 heteroatoms. The number of ether oxygens (including phenoxy) is 1. The predicted octanol–water partition coefficient (Wildman–Crippen LogP) is 2.82. The van der Waals surface area contributed by atoms with Gasteiger partial charge >= 0.3 is 0 Å². The molecule has 0 bridgehead atoms. The van der Waals surface area contributed by atoms with E-state index in [0.717, 1.165) is 24.2 Å². The molecule has 0 heterocycles. The number of methoxy groups -OCH3 is 1. The molecule has 0 aliphatic heterocycles. The van der Waals surface area contributed by atoms with Gasteiger partial charge in [0.1, 0.15) is 5.75 Å². The Bertz CT molecular complexity index is 448. The standard InChI is InChI=1S/C17H28N2O2/c1-5-17(6-2,12-18)19-16(20)11-13(3)14-9-7-8-10-15(14)21-4/h7-10,13H,5-6,11-12,18H2,1-4H3,(H,19,20). The number of hydrogen-bond acceptors (Lipinski definition) is 3. The lowest BCUT2D eigenvalue weighted by molar-refractivity contribution is -0.123. The summed E-state index contributed by atoms with van der Waals surface area (Å²) in [7, 11) is 1.65. The van der Waals surface area contributed by atoms with Crippen LogP contribution in [0.2, 0.25) is 0 Å². The quantitative estimate of drug-likeness (QED) is 0.774. The zero-order valence-electron chi connectivity index (χ0n) is 13.6. The molecule has 0 aromatic heterocycles. The van der Waals surface area contributed by atoms with Crippen molar-refractivity contribution in [2.24, 2.45) is 5.73 Å². The second-order valence-electron chi connectivity index (χ2n) is 5.59. The van der Waals surface area contributed by atoms with E-state index in [4.69, 9.17) is 10.5 Å². The number of hydrogen-bond donors (Lipinski definition) is 2. The number of carbonyl (C=O) groups is 1. The molecular weight excluding hydrogens is 264 g/mol. The Hall–Kier alpha value is -1.55. The molecule has 1 unspecified atom stereocenters. The lowest BCUT2D eigenvalue weighted by Crippen LogP contribution is -2.53. The minimum Gasteiger partial charge on any atom is -0.496 e. The summed E-state index contributed by atoms with van der Waals surface area (Å²) < 4.78 is 5.36. The normalized spacial score (nSPS) is 12.8. The third kappa shape index (κ3) is 4.46. The summed E-state index contributed by atoms with van der Waals surface area (Å²) in [6, 6.07) is 7.83. The van der Waals surface area contributed by atoms with Gasteiger partial charge in [0.05, 0.1) is 12.6 Å². The third-order valence-electron chi connectivity index (χ3n) is 4.31. The van der Waals surface area contributed by atoms with Crippen molar-refractivity contribution < 1.29 is 9.53 Å². The van der Waals surface area contributed by atoms with Gasteiger partial charge in [-0.1, -0.05) is 39.0 Å². The minimum absolute atomic E-state index is 0.0440. The van der Waals surface area contributed by atoms with E-state index in [2.05, 4.69) is 19.2 Å². The molecule has 1 aromatic rings. The van der Waals surface area contributed by atoms with Crippen molar-refractivity contribution in [3.63, 3.8) is 0 Å². The maximum Gasteiger partial charge on any atom is 0.221 e. The second-order valence-corrected chi connectivity index (χ2v) is 5.59. The monoisotopic (exact) mass is 292 g/mol. The van der Waals surface area contributed by atoms with Crippen molar-refractivity contribution in [3.05, 3.63) is 29.8 Å². The summed E-state index contributed by atoms with van der Waals surface area (Å²) >= 11 is 0. The molecule has 0 fully saturated rings. The van der Waals surface area contributed by atoms with Crippen molar-refractivity contribution in [1.29, 1.82) is 0 Å². The van der Waals surface area contributed by atoms with Crippen LogP contribution < -0.4 is 15.8 Å². The van der Waals surface area contributed by atoms with Gasteiger partial charge in [-0.15, -0.1) is 0 Å². The Balaban J connectivity index is 2.74. The van der Waals surface area contributed by atoms with Crippen LogP contribution in [0.25, 0.3) is 0 Å². The SMILES string of the molecule is CCC(CC)(CN)NC(=O)CC(C)c1ccccc1OC. The Labute approximate surface area is 128 Å². The van der Waals surface area contributed by atoms with Crippen LogP contribution in [0.1, 0.15) is 51.5 Å². The number of carbonyl (C=O) groups excluding carboxylic acids is 1. The Morgan fingerprint density at radius 3 is 2.48 bits per heavy atom. The van der Waals surface area contributed by atoms with Crippen LogP contribution in [0.15, 0.2) is 24.3 Å². The van der Waals surface area contributed by atoms with Crippen LogP contribution in [0.4, 0.5) is 0 Å². The van der Waals surface area contributed by atoms with Gasteiger partial charge in [0.2, 0.25) is 5.91 Å². The number of nitrogens with one attached hydrogen (secondary N) is 1. The van der Waals surface area contributed by atoms with E-state index in [1.54, 1.807) is 7.11 Å². The van der Waals surface area contributed by atoms with Crippen LogP contribution in [-0.4, -0.2) is 25.1 Å². The lowest BCUT2D eigenvalue weighted by Gasteiger charge is -2.32. The first-order chi connectivity index (χ1) is 10.0. The molecule has 1 atom stereocenters. The summed E-state index contributed by atoms with van der Waals surface area (Å²) in [4.78, 5) is 12.3. The zero-order chi connectivity index (χ0) is 15.9. The van der Waals surface area contributed by atoms with Gasteiger partial charge in [-0.3, -0.25) is 4.79 Å². The Kier molecular flexibility index (Phi) is 6.69. The molecular formula is C17H28N2O2. The third-order valence-corrected chi connectivity index (χ3v) is 4.31. The van der Waals surface area contributed by atoms with Crippen LogP contribution >= 0.6 is 0 Å². The Morgan fingerprint density at radius 1 is 1.33 bits per heavy atom. The highest BCUT2D eigenvalue weighted by Gasteiger charge is 2.27. The van der Waals surface area contributed by atoms with Gasteiger partial charge in [-0.2, -0.15) is 0 Å². The van der Waals surface area contributed by atoms with Crippen molar-refractivity contribution in [1.82, 2.24) is 5.32 Å². The van der Waals surface area contributed by atoms with E-state index in [-0.39, 0.29) is 17.4 Å². The van der Waals surface area contributed by atoms with Crippen LogP contribution in [-0.2, 0) is 4.79 Å². The van der Waals surface area contributed by atoms with Gasteiger partial charge in [0, 0.05) is 13.0 Å². The first kappa shape index (κ1) is 17.5. The van der Waals surface area contributed by atoms with E-state index < -0.39 is 0 Å². The van der Waals surface area contributed by atoms with Crippen LogP contribution in [0.3, 0.4) is 0 Å². The summed E-state index contributed by atoms with van der Waals surface area (Å²) in [5.41, 5.74) is 6.61. The molecule has 21 heavy (non-hydrogen) atoms. The molecule has 0 saturated heterocycles. The topological polar surface area (TPSA) is 64.3 Å². The van der Waals surface area contributed by atoms with Gasteiger partial charge in [-0.05, 0) is 30.4 Å². The summed E-state index contributed by atoms with van der Waals surface area (Å²) in [6.45, 7) is 6.62. The maximum atomic E-state index is 12.3. The van der Waals surface area contributed by atoms with E-state index in [1.807, 2.05) is 31.2 Å². The van der Waals surface area contributed by atoms with Gasteiger partial charge < -0.3 is 15.8 Å². The van der Waals surface area contributed by atoms with Crippen LogP contribution in [0.5, 0.6) is 5.75 Å². The highest BCUT2D eigenvalue weighted by molar-refractivity contribution is 5.78. The molecule has 1 aromatic carbocycles. The average Bonchev–Trinajstić information content (AvgIpc) is 2.52. The molecule has 0 spiro atoms. The van der Waals surface area contributed by atoms with Crippen LogP contribution in [0, 0.1) is 0 Å². The summed E-state index contributed by atoms with van der Waals surface area (Å²) in [6.07, 6.45) is 2.12.